The molecule has 0 saturated carbocycles. The summed E-state index contributed by atoms with van der Waals surface area (Å²) in [5.74, 6) is 0. The molecular weight excluding hydrogens is 244 g/mol. The quantitative estimate of drug-likeness (QED) is 0.714. The highest BCUT2D eigenvalue weighted by atomic mass is 32.1. The van der Waals surface area contributed by atoms with Crippen LogP contribution in [0.5, 0.6) is 0 Å². The zero-order valence-corrected chi connectivity index (χ0v) is 12.7. The summed E-state index contributed by atoms with van der Waals surface area (Å²) < 4.78 is 0. The standard InChI is InChI=1S/C15H20S2/c1-11-5-6-12(16-11)7-8-13-9-10-14(17-13)15(2,3)4/h5-6,9-10H,7-8H2,1-4H3. The average molecular weight is 264 g/mol. The van der Waals surface area contributed by atoms with Gasteiger partial charge >= 0.3 is 0 Å². The van der Waals surface area contributed by atoms with Gasteiger partial charge in [-0.05, 0) is 49.4 Å². The lowest BCUT2D eigenvalue weighted by atomic mass is 9.95. The van der Waals surface area contributed by atoms with E-state index in [1.165, 1.54) is 32.4 Å². The van der Waals surface area contributed by atoms with Gasteiger partial charge in [0.2, 0.25) is 0 Å². The van der Waals surface area contributed by atoms with Crippen LogP contribution in [0.15, 0.2) is 24.3 Å². The maximum Gasteiger partial charge on any atom is 0.0102 e. The van der Waals surface area contributed by atoms with Crippen LogP contribution in [-0.2, 0) is 18.3 Å². The third kappa shape index (κ3) is 3.43. The van der Waals surface area contributed by atoms with Crippen LogP contribution < -0.4 is 0 Å². The molecule has 0 atom stereocenters. The van der Waals surface area contributed by atoms with E-state index in [-0.39, 0.29) is 0 Å². The fraction of sp³-hybridized carbons (Fsp3) is 0.467. The van der Waals surface area contributed by atoms with E-state index in [1.807, 2.05) is 22.7 Å². The van der Waals surface area contributed by atoms with Crippen molar-refractivity contribution < 1.29 is 0 Å². The molecule has 2 heterocycles. The maximum atomic E-state index is 2.30. The molecule has 0 unspecified atom stereocenters. The fourth-order valence-electron chi connectivity index (χ4n) is 1.78. The number of rotatable bonds is 3. The first-order chi connectivity index (χ1) is 7.95. The second kappa shape index (κ2) is 4.95. The first-order valence-electron chi connectivity index (χ1n) is 6.09. The van der Waals surface area contributed by atoms with Gasteiger partial charge in [0.05, 0.1) is 0 Å². The Morgan fingerprint density at radius 2 is 1.47 bits per heavy atom. The summed E-state index contributed by atoms with van der Waals surface area (Å²) in [5, 5.41) is 0. The van der Waals surface area contributed by atoms with E-state index in [0.717, 1.165) is 0 Å². The molecular formula is C15H20S2. The minimum atomic E-state index is 0.294. The van der Waals surface area contributed by atoms with Gasteiger partial charge in [-0.2, -0.15) is 0 Å². The Hall–Kier alpha value is -0.600. The van der Waals surface area contributed by atoms with Crippen molar-refractivity contribution in [3.05, 3.63) is 43.8 Å². The average Bonchev–Trinajstić information content (AvgIpc) is 2.82. The molecule has 17 heavy (non-hydrogen) atoms. The van der Waals surface area contributed by atoms with Crippen LogP contribution in [0.3, 0.4) is 0 Å². The summed E-state index contributed by atoms with van der Waals surface area (Å²) in [4.78, 5) is 5.94. The molecule has 2 rings (SSSR count). The number of thiophene rings is 2. The lowest BCUT2D eigenvalue weighted by Crippen LogP contribution is -2.07. The maximum absolute atomic E-state index is 2.30. The van der Waals surface area contributed by atoms with Gasteiger partial charge in [-0.15, -0.1) is 22.7 Å². The summed E-state index contributed by atoms with van der Waals surface area (Å²) in [7, 11) is 0. The molecule has 2 aromatic heterocycles. The molecule has 2 heteroatoms. The molecule has 0 aliphatic carbocycles. The van der Waals surface area contributed by atoms with Crippen LogP contribution in [0, 0.1) is 6.92 Å². The van der Waals surface area contributed by atoms with Crippen LogP contribution in [0.4, 0.5) is 0 Å². The molecule has 2 aromatic rings. The molecule has 0 aromatic carbocycles. The van der Waals surface area contributed by atoms with Gasteiger partial charge in [-0.1, -0.05) is 20.8 Å². The Labute approximate surface area is 112 Å². The van der Waals surface area contributed by atoms with Gasteiger partial charge in [-0.25, -0.2) is 0 Å². The molecule has 0 radical (unpaired) electrons. The van der Waals surface area contributed by atoms with E-state index in [2.05, 4.69) is 52.0 Å². The summed E-state index contributed by atoms with van der Waals surface area (Å²) >= 11 is 3.89. The second-order valence-electron chi connectivity index (χ2n) is 5.53. The number of aryl methyl sites for hydroxylation is 3. The first-order valence-corrected chi connectivity index (χ1v) is 7.73. The smallest absolute Gasteiger partial charge is 0.0102 e. The van der Waals surface area contributed by atoms with E-state index >= 15 is 0 Å². The highest BCUT2D eigenvalue weighted by Gasteiger charge is 2.15. The summed E-state index contributed by atoms with van der Waals surface area (Å²) in [5.41, 5.74) is 0.294. The third-order valence-corrected chi connectivity index (χ3v) is 5.45. The fourth-order valence-corrected chi connectivity index (χ4v) is 3.74. The monoisotopic (exact) mass is 264 g/mol. The van der Waals surface area contributed by atoms with Gasteiger partial charge in [0.15, 0.2) is 0 Å². The first kappa shape index (κ1) is 12.8. The minimum absolute atomic E-state index is 0.294. The highest BCUT2D eigenvalue weighted by Crippen LogP contribution is 2.30. The van der Waals surface area contributed by atoms with Crippen molar-refractivity contribution in [3.8, 4) is 0 Å². The van der Waals surface area contributed by atoms with Crippen molar-refractivity contribution in [2.75, 3.05) is 0 Å². The SMILES string of the molecule is Cc1ccc(CCc2ccc(C(C)(C)C)s2)s1. The molecule has 0 saturated heterocycles. The van der Waals surface area contributed by atoms with Crippen molar-refractivity contribution in [2.45, 2.75) is 46.0 Å². The molecule has 0 bridgehead atoms. The largest absolute Gasteiger partial charge is 0.146 e. The molecule has 0 N–H and O–H groups in total. The lowest BCUT2D eigenvalue weighted by Gasteiger charge is -2.15. The van der Waals surface area contributed by atoms with Crippen molar-refractivity contribution >= 4 is 22.7 Å². The molecule has 92 valence electrons. The van der Waals surface area contributed by atoms with Crippen LogP contribution in [0.25, 0.3) is 0 Å². The normalized spacial score (nSPS) is 12.0. The van der Waals surface area contributed by atoms with Crippen LogP contribution in [0.1, 0.15) is 40.3 Å². The number of hydrogen-bond donors (Lipinski definition) is 0. The molecule has 0 spiro atoms. The Kier molecular flexibility index (Phi) is 3.74. The molecule has 0 aliphatic heterocycles. The lowest BCUT2D eigenvalue weighted by molar-refractivity contribution is 0.604. The Bertz CT molecular complexity index is 483. The van der Waals surface area contributed by atoms with Gasteiger partial charge in [0.1, 0.15) is 0 Å². The van der Waals surface area contributed by atoms with Crippen LogP contribution >= 0.6 is 22.7 Å². The molecule has 0 nitrogen and oxygen atoms in total. The summed E-state index contributed by atoms with van der Waals surface area (Å²) in [6, 6.07) is 9.07. The number of hydrogen-bond acceptors (Lipinski definition) is 2. The topological polar surface area (TPSA) is 0 Å². The Morgan fingerprint density at radius 1 is 0.882 bits per heavy atom. The van der Waals surface area contributed by atoms with Crippen molar-refractivity contribution in [1.82, 2.24) is 0 Å². The second-order valence-corrected chi connectivity index (χ2v) is 8.07. The van der Waals surface area contributed by atoms with Crippen LogP contribution in [-0.4, -0.2) is 0 Å². The predicted molar refractivity (Wildman–Crippen MR) is 79.5 cm³/mol. The third-order valence-electron chi connectivity index (χ3n) is 2.81. The molecule has 0 aliphatic rings. The zero-order chi connectivity index (χ0) is 12.5. The summed E-state index contributed by atoms with van der Waals surface area (Å²) in [6.45, 7) is 9.03. The minimum Gasteiger partial charge on any atom is -0.146 e. The molecule has 0 amide bonds. The Morgan fingerprint density at radius 3 is 1.94 bits per heavy atom. The van der Waals surface area contributed by atoms with E-state index in [9.17, 15) is 0 Å². The van der Waals surface area contributed by atoms with Crippen molar-refractivity contribution in [1.29, 1.82) is 0 Å². The molecule has 0 fully saturated rings. The Balaban J connectivity index is 1.98. The van der Waals surface area contributed by atoms with Gasteiger partial charge < -0.3 is 0 Å². The highest BCUT2D eigenvalue weighted by molar-refractivity contribution is 7.12. The van der Waals surface area contributed by atoms with Crippen LogP contribution in [0.2, 0.25) is 0 Å². The van der Waals surface area contributed by atoms with E-state index < -0.39 is 0 Å². The predicted octanol–water partition coefficient (Wildman–Crippen LogP) is 5.20. The van der Waals surface area contributed by atoms with E-state index in [0.29, 0.717) is 5.41 Å². The van der Waals surface area contributed by atoms with E-state index in [4.69, 9.17) is 0 Å². The van der Waals surface area contributed by atoms with E-state index in [1.54, 1.807) is 0 Å². The zero-order valence-electron chi connectivity index (χ0n) is 11.0. The van der Waals surface area contributed by atoms with Gasteiger partial charge in [0, 0.05) is 19.5 Å². The van der Waals surface area contributed by atoms with Gasteiger partial charge in [0.25, 0.3) is 0 Å². The van der Waals surface area contributed by atoms with Crippen molar-refractivity contribution in [2.24, 2.45) is 0 Å². The summed E-state index contributed by atoms with van der Waals surface area (Å²) in [6.07, 6.45) is 2.36. The van der Waals surface area contributed by atoms with Crippen molar-refractivity contribution in [3.63, 3.8) is 0 Å². The van der Waals surface area contributed by atoms with Gasteiger partial charge in [-0.3, -0.25) is 0 Å².